The summed E-state index contributed by atoms with van der Waals surface area (Å²) in [6.07, 6.45) is 4.81. The summed E-state index contributed by atoms with van der Waals surface area (Å²) in [4.78, 5) is 25.4. The zero-order chi connectivity index (χ0) is 21.8. The van der Waals surface area contributed by atoms with Crippen LogP contribution in [0.3, 0.4) is 0 Å². The molecular weight excluding hydrogens is 388 g/mol. The number of hydrogen-bond donors (Lipinski definition) is 1. The lowest BCUT2D eigenvalue weighted by molar-refractivity contribution is 0.102. The molecule has 6 heteroatoms. The third kappa shape index (κ3) is 4.59. The molecule has 0 spiro atoms. The van der Waals surface area contributed by atoms with Crippen molar-refractivity contribution in [2.24, 2.45) is 0 Å². The Morgan fingerprint density at radius 1 is 0.871 bits per heavy atom. The topological polar surface area (TPSA) is 77.0 Å². The molecule has 154 valence electrons. The minimum absolute atomic E-state index is 0.204. The van der Waals surface area contributed by atoms with Gasteiger partial charge in [0.25, 0.3) is 5.91 Å². The van der Waals surface area contributed by atoms with E-state index in [2.05, 4.69) is 20.3 Å². The van der Waals surface area contributed by atoms with Crippen LogP contribution in [-0.2, 0) is 0 Å². The molecule has 0 fully saturated rings. The van der Waals surface area contributed by atoms with Crippen molar-refractivity contribution >= 4 is 11.6 Å². The Bertz CT molecular complexity index is 1240. The minimum Gasteiger partial charge on any atom is -0.438 e. The van der Waals surface area contributed by atoms with Gasteiger partial charge in [-0.1, -0.05) is 12.1 Å². The number of anilines is 1. The van der Waals surface area contributed by atoms with E-state index in [-0.39, 0.29) is 5.91 Å². The Balaban J connectivity index is 1.61. The molecule has 4 aromatic rings. The van der Waals surface area contributed by atoms with E-state index in [4.69, 9.17) is 4.74 Å². The second-order valence-electron chi connectivity index (χ2n) is 7.29. The van der Waals surface area contributed by atoms with E-state index in [1.807, 2.05) is 57.2 Å². The second-order valence-corrected chi connectivity index (χ2v) is 7.29. The molecule has 0 aliphatic rings. The van der Waals surface area contributed by atoms with E-state index in [0.29, 0.717) is 22.9 Å². The maximum atomic E-state index is 12.8. The maximum absolute atomic E-state index is 12.8. The van der Waals surface area contributed by atoms with Crippen LogP contribution in [0.15, 0.2) is 73.3 Å². The van der Waals surface area contributed by atoms with Crippen molar-refractivity contribution in [1.82, 2.24) is 15.0 Å². The number of aromatic nitrogens is 3. The largest absolute Gasteiger partial charge is 0.438 e. The van der Waals surface area contributed by atoms with Gasteiger partial charge in [-0.3, -0.25) is 4.79 Å². The van der Waals surface area contributed by atoms with Crippen LogP contribution in [0, 0.1) is 20.8 Å². The van der Waals surface area contributed by atoms with Gasteiger partial charge >= 0.3 is 0 Å². The number of pyridine rings is 1. The van der Waals surface area contributed by atoms with E-state index >= 15 is 0 Å². The van der Waals surface area contributed by atoms with Crippen LogP contribution < -0.4 is 10.1 Å². The van der Waals surface area contributed by atoms with E-state index in [0.717, 1.165) is 22.4 Å². The standard InChI is InChI=1S/C25H22N4O2/c1-16-7-9-20(13-18(16)3)29-24(30)19-8-6-17(2)23(14-19)31-25-21(5-4-11-27-25)22-10-12-26-15-28-22/h4-15H,1-3H3,(H,29,30). The molecule has 0 bridgehead atoms. The Hall–Kier alpha value is -4.06. The van der Waals surface area contributed by atoms with Gasteiger partial charge in [0, 0.05) is 23.6 Å². The van der Waals surface area contributed by atoms with Gasteiger partial charge in [0.15, 0.2) is 0 Å². The molecule has 2 heterocycles. The van der Waals surface area contributed by atoms with Crippen LogP contribution in [0.5, 0.6) is 11.6 Å². The van der Waals surface area contributed by atoms with Gasteiger partial charge in [0.2, 0.25) is 5.88 Å². The van der Waals surface area contributed by atoms with Crippen LogP contribution in [0.1, 0.15) is 27.0 Å². The van der Waals surface area contributed by atoms with Crippen LogP contribution in [0.2, 0.25) is 0 Å². The van der Waals surface area contributed by atoms with E-state index in [9.17, 15) is 4.79 Å². The van der Waals surface area contributed by atoms with Crippen molar-refractivity contribution in [3.8, 4) is 22.9 Å². The average molecular weight is 410 g/mol. The quantitative estimate of drug-likeness (QED) is 0.469. The Morgan fingerprint density at radius 2 is 1.71 bits per heavy atom. The first-order valence-electron chi connectivity index (χ1n) is 9.90. The minimum atomic E-state index is -0.204. The van der Waals surface area contributed by atoms with Crippen molar-refractivity contribution in [2.75, 3.05) is 5.32 Å². The van der Waals surface area contributed by atoms with Gasteiger partial charge < -0.3 is 10.1 Å². The van der Waals surface area contributed by atoms with Gasteiger partial charge in [0.05, 0.1) is 11.3 Å². The zero-order valence-corrected chi connectivity index (χ0v) is 17.6. The molecule has 0 unspecified atom stereocenters. The fourth-order valence-electron chi connectivity index (χ4n) is 3.09. The lowest BCUT2D eigenvalue weighted by atomic mass is 10.1. The third-order valence-electron chi connectivity index (χ3n) is 5.05. The highest BCUT2D eigenvalue weighted by molar-refractivity contribution is 6.04. The highest BCUT2D eigenvalue weighted by atomic mass is 16.5. The Kier molecular flexibility index (Phi) is 5.71. The predicted octanol–water partition coefficient (Wildman–Crippen LogP) is 5.51. The van der Waals surface area contributed by atoms with Gasteiger partial charge in [-0.05, 0) is 79.9 Å². The fourth-order valence-corrected chi connectivity index (χ4v) is 3.09. The normalized spacial score (nSPS) is 10.5. The summed E-state index contributed by atoms with van der Waals surface area (Å²) in [5.41, 5.74) is 5.90. The first-order valence-corrected chi connectivity index (χ1v) is 9.90. The summed E-state index contributed by atoms with van der Waals surface area (Å²) in [5, 5.41) is 2.95. The number of hydrogen-bond acceptors (Lipinski definition) is 5. The number of amides is 1. The third-order valence-corrected chi connectivity index (χ3v) is 5.05. The summed E-state index contributed by atoms with van der Waals surface area (Å²) in [6, 6.07) is 16.7. The SMILES string of the molecule is Cc1ccc(NC(=O)c2ccc(C)c(Oc3ncccc3-c3ccncn3)c2)cc1C. The molecule has 1 N–H and O–H groups in total. The van der Waals surface area contributed by atoms with Crippen molar-refractivity contribution in [3.63, 3.8) is 0 Å². The summed E-state index contributed by atoms with van der Waals surface area (Å²) in [6.45, 7) is 5.98. The Labute approximate surface area is 181 Å². The van der Waals surface area contributed by atoms with E-state index in [1.54, 1.807) is 30.6 Å². The first-order chi connectivity index (χ1) is 15.0. The number of ether oxygens (including phenoxy) is 1. The highest BCUT2D eigenvalue weighted by Gasteiger charge is 2.14. The van der Waals surface area contributed by atoms with Crippen molar-refractivity contribution in [1.29, 1.82) is 0 Å². The lowest BCUT2D eigenvalue weighted by Crippen LogP contribution is -2.12. The van der Waals surface area contributed by atoms with E-state index < -0.39 is 0 Å². The fraction of sp³-hybridized carbons (Fsp3) is 0.120. The average Bonchev–Trinajstić information content (AvgIpc) is 2.78. The number of carbonyl (C=O) groups is 1. The summed E-state index contributed by atoms with van der Waals surface area (Å²) in [5.74, 6) is 0.767. The molecule has 0 saturated heterocycles. The van der Waals surface area contributed by atoms with Gasteiger partial charge in [0.1, 0.15) is 12.1 Å². The van der Waals surface area contributed by atoms with Crippen molar-refractivity contribution in [2.45, 2.75) is 20.8 Å². The van der Waals surface area contributed by atoms with Gasteiger partial charge in [-0.2, -0.15) is 0 Å². The van der Waals surface area contributed by atoms with E-state index in [1.165, 1.54) is 11.9 Å². The maximum Gasteiger partial charge on any atom is 0.255 e. The highest BCUT2D eigenvalue weighted by Crippen LogP contribution is 2.32. The molecule has 2 aromatic heterocycles. The number of nitrogens with zero attached hydrogens (tertiary/aromatic N) is 3. The molecule has 6 nitrogen and oxygen atoms in total. The van der Waals surface area contributed by atoms with Gasteiger partial charge in [-0.15, -0.1) is 0 Å². The number of nitrogens with one attached hydrogen (secondary N) is 1. The summed E-state index contributed by atoms with van der Waals surface area (Å²) >= 11 is 0. The smallest absolute Gasteiger partial charge is 0.255 e. The summed E-state index contributed by atoms with van der Waals surface area (Å²) in [7, 11) is 0. The second kappa shape index (κ2) is 8.75. The number of rotatable bonds is 5. The molecule has 0 radical (unpaired) electrons. The molecule has 0 aliphatic carbocycles. The van der Waals surface area contributed by atoms with Crippen LogP contribution >= 0.6 is 0 Å². The number of aryl methyl sites for hydroxylation is 3. The zero-order valence-electron chi connectivity index (χ0n) is 17.6. The molecule has 2 aromatic carbocycles. The molecule has 0 aliphatic heterocycles. The summed E-state index contributed by atoms with van der Waals surface area (Å²) < 4.78 is 6.12. The molecule has 0 atom stereocenters. The molecule has 1 amide bonds. The Morgan fingerprint density at radius 3 is 2.48 bits per heavy atom. The first kappa shape index (κ1) is 20.2. The van der Waals surface area contributed by atoms with Crippen LogP contribution in [-0.4, -0.2) is 20.9 Å². The molecular formula is C25H22N4O2. The number of carbonyl (C=O) groups excluding carboxylic acids is 1. The lowest BCUT2D eigenvalue weighted by Gasteiger charge is -2.13. The van der Waals surface area contributed by atoms with Crippen molar-refractivity contribution < 1.29 is 9.53 Å². The van der Waals surface area contributed by atoms with Crippen molar-refractivity contribution in [3.05, 3.63) is 95.6 Å². The monoisotopic (exact) mass is 410 g/mol. The molecule has 31 heavy (non-hydrogen) atoms. The van der Waals surface area contributed by atoms with Crippen LogP contribution in [0.4, 0.5) is 5.69 Å². The number of benzene rings is 2. The molecule has 0 saturated carbocycles. The molecule has 4 rings (SSSR count). The van der Waals surface area contributed by atoms with Crippen LogP contribution in [0.25, 0.3) is 11.3 Å². The predicted molar refractivity (Wildman–Crippen MR) is 120 cm³/mol. The van der Waals surface area contributed by atoms with Gasteiger partial charge in [-0.25, -0.2) is 15.0 Å².